The Morgan fingerprint density at radius 3 is 2.25 bits per heavy atom. The van der Waals surface area contributed by atoms with Gasteiger partial charge in [-0.15, -0.1) is 0 Å². The molecule has 3 aromatic carbocycles. The molecule has 28 heavy (non-hydrogen) atoms. The highest BCUT2D eigenvalue weighted by Gasteiger charge is 2.37. The van der Waals surface area contributed by atoms with Crippen molar-refractivity contribution in [3.63, 3.8) is 0 Å². The third-order valence-electron chi connectivity index (χ3n) is 4.97. The molecule has 1 unspecified atom stereocenters. The van der Waals surface area contributed by atoms with E-state index in [0.717, 1.165) is 28.0 Å². The predicted molar refractivity (Wildman–Crippen MR) is 112 cm³/mol. The monoisotopic (exact) mass is 390 g/mol. The minimum atomic E-state index is -3.75. The lowest BCUT2D eigenvalue weighted by atomic mass is 9.98. The fraction of sp³-hybridized carbons (Fsp3) is 0.174. The van der Waals surface area contributed by atoms with Crippen LogP contribution in [-0.4, -0.2) is 18.5 Å². The molecule has 142 valence electrons. The van der Waals surface area contributed by atoms with Gasteiger partial charge in [0.15, 0.2) is 0 Å². The van der Waals surface area contributed by atoms with Crippen molar-refractivity contribution >= 4 is 15.7 Å². The van der Waals surface area contributed by atoms with Crippen molar-refractivity contribution < 1.29 is 8.42 Å². The van der Waals surface area contributed by atoms with Crippen molar-refractivity contribution in [1.82, 2.24) is 4.41 Å². The van der Waals surface area contributed by atoms with E-state index in [4.69, 9.17) is 0 Å². The molecule has 1 atom stereocenters. The van der Waals surface area contributed by atoms with E-state index in [0.29, 0.717) is 6.42 Å². The summed E-state index contributed by atoms with van der Waals surface area (Å²) < 4.78 is 28.0. The lowest BCUT2D eigenvalue weighted by Gasteiger charge is -2.23. The summed E-state index contributed by atoms with van der Waals surface area (Å²) >= 11 is 0. The van der Waals surface area contributed by atoms with Crippen LogP contribution in [0.3, 0.4) is 0 Å². The van der Waals surface area contributed by atoms with Crippen molar-refractivity contribution in [1.29, 1.82) is 0 Å². The van der Waals surface area contributed by atoms with Gasteiger partial charge in [-0.1, -0.05) is 77.9 Å². The molecule has 4 rings (SSSR count). The summed E-state index contributed by atoms with van der Waals surface area (Å²) in [7, 11) is -3.75. The number of hydrogen-bond acceptors (Lipinski definition) is 3. The van der Waals surface area contributed by atoms with Crippen LogP contribution in [0.15, 0.2) is 88.9 Å². The number of hydrazone groups is 1. The van der Waals surface area contributed by atoms with Gasteiger partial charge in [-0.2, -0.15) is 17.9 Å². The molecule has 0 aliphatic carbocycles. The Bertz CT molecular complexity index is 1120. The zero-order valence-corrected chi connectivity index (χ0v) is 16.7. The summed E-state index contributed by atoms with van der Waals surface area (Å²) in [6.45, 7) is 4.04. The second-order valence-corrected chi connectivity index (χ2v) is 8.93. The van der Waals surface area contributed by atoms with E-state index in [1.54, 1.807) is 24.3 Å². The lowest BCUT2D eigenvalue weighted by Crippen LogP contribution is -2.27. The maximum atomic E-state index is 13.4. The summed E-state index contributed by atoms with van der Waals surface area (Å²) in [5.41, 5.74) is 4.94. The first-order valence-corrected chi connectivity index (χ1v) is 10.7. The quantitative estimate of drug-likeness (QED) is 0.640. The Labute approximate surface area is 166 Å². The van der Waals surface area contributed by atoms with E-state index in [1.807, 2.05) is 68.4 Å². The second kappa shape index (κ2) is 7.24. The molecule has 0 amide bonds. The number of nitrogens with zero attached hydrogens (tertiary/aromatic N) is 2. The first kappa shape index (κ1) is 18.4. The van der Waals surface area contributed by atoms with Crippen LogP contribution >= 0.6 is 0 Å². The number of rotatable bonds is 4. The Hall–Kier alpha value is -2.92. The largest absolute Gasteiger partial charge is 0.279 e. The Kier molecular flexibility index (Phi) is 4.77. The Morgan fingerprint density at radius 1 is 0.857 bits per heavy atom. The highest BCUT2D eigenvalue weighted by atomic mass is 32.2. The highest BCUT2D eigenvalue weighted by Crippen LogP contribution is 2.37. The fourth-order valence-corrected chi connectivity index (χ4v) is 4.91. The smallest absolute Gasteiger partial charge is 0.200 e. The summed E-state index contributed by atoms with van der Waals surface area (Å²) in [6.07, 6.45) is 0.540. The SMILES string of the molecule is Cc1ccc(C2=NN(S(=O)(=O)c3ccccc3)C(c3cccc(C)c3)C2)cc1. The van der Waals surface area contributed by atoms with Crippen molar-refractivity contribution in [2.45, 2.75) is 31.2 Å². The molecule has 0 fully saturated rings. The maximum absolute atomic E-state index is 13.4. The third-order valence-corrected chi connectivity index (χ3v) is 6.67. The number of aryl methyl sites for hydroxylation is 2. The van der Waals surface area contributed by atoms with Crippen LogP contribution in [0, 0.1) is 13.8 Å². The average molecular weight is 391 g/mol. The van der Waals surface area contributed by atoms with Crippen LogP contribution < -0.4 is 0 Å². The summed E-state index contributed by atoms with van der Waals surface area (Å²) in [6, 6.07) is 24.2. The second-order valence-electron chi connectivity index (χ2n) is 7.14. The molecule has 1 aliphatic rings. The minimum Gasteiger partial charge on any atom is -0.200 e. The van der Waals surface area contributed by atoms with Crippen LogP contribution in [0.5, 0.6) is 0 Å². The Morgan fingerprint density at radius 2 is 1.57 bits per heavy atom. The van der Waals surface area contributed by atoms with Crippen LogP contribution in [0.2, 0.25) is 0 Å². The summed E-state index contributed by atoms with van der Waals surface area (Å²) in [5.74, 6) is 0. The van der Waals surface area contributed by atoms with Gasteiger partial charge in [-0.3, -0.25) is 0 Å². The zero-order valence-electron chi connectivity index (χ0n) is 15.9. The molecule has 0 saturated carbocycles. The van der Waals surface area contributed by atoms with Gasteiger partial charge in [0.2, 0.25) is 0 Å². The van der Waals surface area contributed by atoms with Crippen molar-refractivity contribution in [3.8, 4) is 0 Å². The van der Waals surface area contributed by atoms with Crippen molar-refractivity contribution in [2.24, 2.45) is 5.10 Å². The van der Waals surface area contributed by atoms with Gasteiger partial charge in [0.05, 0.1) is 16.6 Å². The third kappa shape index (κ3) is 3.45. The van der Waals surface area contributed by atoms with E-state index in [9.17, 15) is 8.42 Å². The van der Waals surface area contributed by atoms with Gasteiger partial charge in [-0.25, -0.2) is 0 Å². The first-order chi connectivity index (χ1) is 13.4. The summed E-state index contributed by atoms with van der Waals surface area (Å²) in [5, 5.41) is 4.59. The van der Waals surface area contributed by atoms with E-state index in [-0.39, 0.29) is 10.9 Å². The minimum absolute atomic E-state index is 0.251. The number of benzene rings is 3. The fourth-order valence-electron chi connectivity index (χ4n) is 3.46. The molecule has 4 nitrogen and oxygen atoms in total. The van der Waals surface area contributed by atoms with E-state index < -0.39 is 10.0 Å². The lowest BCUT2D eigenvalue weighted by molar-refractivity contribution is 0.371. The van der Waals surface area contributed by atoms with Gasteiger partial charge in [0.25, 0.3) is 10.0 Å². The van der Waals surface area contributed by atoms with Crippen LogP contribution in [0.25, 0.3) is 0 Å². The molecular formula is C23H22N2O2S. The predicted octanol–water partition coefficient (Wildman–Crippen LogP) is 4.84. The highest BCUT2D eigenvalue weighted by molar-refractivity contribution is 7.89. The molecule has 0 aromatic heterocycles. The topological polar surface area (TPSA) is 49.7 Å². The zero-order chi connectivity index (χ0) is 19.7. The number of hydrogen-bond donors (Lipinski definition) is 0. The molecule has 3 aromatic rings. The van der Waals surface area contributed by atoms with Crippen LogP contribution in [-0.2, 0) is 10.0 Å². The molecule has 1 aliphatic heterocycles. The van der Waals surface area contributed by atoms with E-state index in [2.05, 4.69) is 5.10 Å². The van der Waals surface area contributed by atoms with Crippen molar-refractivity contribution in [3.05, 3.63) is 101 Å². The van der Waals surface area contributed by atoms with Crippen molar-refractivity contribution in [2.75, 3.05) is 0 Å². The molecule has 0 spiro atoms. The molecule has 0 N–H and O–H groups in total. The molecule has 0 bridgehead atoms. The molecule has 0 saturated heterocycles. The maximum Gasteiger partial charge on any atom is 0.279 e. The molecular weight excluding hydrogens is 368 g/mol. The first-order valence-electron chi connectivity index (χ1n) is 9.26. The Balaban J connectivity index is 1.81. The van der Waals surface area contributed by atoms with Gasteiger partial charge in [0.1, 0.15) is 0 Å². The molecule has 1 heterocycles. The number of sulfonamides is 1. The molecule has 5 heteroatoms. The average Bonchev–Trinajstić information content (AvgIpc) is 3.16. The standard InChI is InChI=1S/C23H22N2O2S/c1-17-11-13-19(14-12-17)22-16-23(20-8-6-7-18(2)15-20)25(24-22)28(26,27)21-9-4-3-5-10-21/h3-15,23H,16H2,1-2H3. The van der Waals surface area contributed by atoms with Gasteiger partial charge >= 0.3 is 0 Å². The molecule has 0 radical (unpaired) electrons. The van der Waals surface area contributed by atoms with Crippen LogP contribution in [0.4, 0.5) is 0 Å². The van der Waals surface area contributed by atoms with Gasteiger partial charge in [0, 0.05) is 6.42 Å². The van der Waals surface area contributed by atoms with Crippen LogP contribution in [0.1, 0.15) is 34.7 Å². The normalized spacial score (nSPS) is 16.9. The van der Waals surface area contributed by atoms with Gasteiger partial charge < -0.3 is 0 Å². The van der Waals surface area contributed by atoms with E-state index in [1.165, 1.54) is 4.41 Å². The van der Waals surface area contributed by atoms with E-state index >= 15 is 0 Å². The van der Waals surface area contributed by atoms with Gasteiger partial charge in [-0.05, 0) is 37.1 Å². The summed E-state index contributed by atoms with van der Waals surface area (Å²) in [4.78, 5) is 0.251.